The zero-order chi connectivity index (χ0) is 10.7. The fourth-order valence-electron chi connectivity index (χ4n) is 1.20. The Morgan fingerprint density at radius 3 is 2.53 bits per heavy atom. The summed E-state index contributed by atoms with van der Waals surface area (Å²) < 4.78 is 0.839. The molecule has 1 N–H and O–H groups in total. The SMILES string of the molecule is Clc1csc(CNCc2ccc(Cl)s2)c1. The minimum Gasteiger partial charge on any atom is -0.307 e. The normalized spacial score (nSPS) is 10.8. The third-order valence-electron chi connectivity index (χ3n) is 1.85. The highest BCUT2D eigenvalue weighted by molar-refractivity contribution is 7.16. The Bertz CT molecular complexity index is 396. The van der Waals surface area contributed by atoms with E-state index in [0.29, 0.717) is 0 Å². The largest absolute Gasteiger partial charge is 0.307 e. The fraction of sp³-hybridized carbons (Fsp3) is 0.200. The Labute approximate surface area is 107 Å². The second kappa shape index (κ2) is 5.32. The van der Waals surface area contributed by atoms with Crippen LogP contribution in [0.5, 0.6) is 0 Å². The van der Waals surface area contributed by atoms with E-state index >= 15 is 0 Å². The Morgan fingerprint density at radius 1 is 1.13 bits per heavy atom. The van der Waals surface area contributed by atoms with Crippen molar-refractivity contribution in [3.05, 3.63) is 42.7 Å². The molecule has 5 heteroatoms. The molecule has 0 aliphatic heterocycles. The number of rotatable bonds is 4. The van der Waals surface area contributed by atoms with Crippen LogP contribution in [-0.2, 0) is 13.1 Å². The van der Waals surface area contributed by atoms with Gasteiger partial charge in [-0.15, -0.1) is 22.7 Å². The maximum Gasteiger partial charge on any atom is 0.0931 e. The number of nitrogens with one attached hydrogen (secondary N) is 1. The molecule has 0 aromatic carbocycles. The molecule has 0 saturated carbocycles. The van der Waals surface area contributed by atoms with Gasteiger partial charge in [-0.1, -0.05) is 23.2 Å². The standard InChI is InChI=1S/C10H9Cl2NS2/c11-7-3-9(14-6-7)5-13-4-8-1-2-10(12)15-8/h1-3,6,13H,4-5H2. The van der Waals surface area contributed by atoms with Gasteiger partial charge in [-0.05, 0) is 18.2 Å². The number of hydrogen-bond acceptors (Lipinski definition) is 3. The van der Waals surface area contributed by atoms with Crippen LogP contribution < -0.4 is 5.32 Å². The lowest BCUT2D eigenvalue weighted by Crippen LogP contribution is -2.10. The van der Waals surface area contributed by atoms with E-state index in [1.165, 1.54) is 9.75 Å². The maximum atomic E-state index is 5.84. The molecule has 0 atom stereocenters. The lowest BCUT2D eigenvalue weighted by atomic mass is 10.4. The minimum absolute atomic E-state index is 0.816. The predicted molar refractivity (Wildman–Crippen MR) is 69.2 cm³/mol. The van der Waals surface area contributed by atoms with Crippen molar-refractivity contribution < 1.29 is 0 Å². The third-order valence-corrected chi connectivity index (χ3v) is 4.36. The molecule has 2 aromatic heterocycles. The lowest BCUT2D eigenvalue weighted by Gasteiger charge is -1.99. The van der Waals surface area contributed by atoms with Crippen LogP contribution in [-0.4, -0.2) is 0 Å². The van der Waals surface area contributed by atoms with Gasteiger partial charge in [0.1, 0.15) is 0 Å². The van der Waals surface area contributed by atoms with E-state index in [1.54, 1.807) is 22.7 Å². The van der Waals surface area contributed by atoms with E-state index in [0.717, 1.165) is 22.4 Å². The highest BCUT2D eigenvalue weighted by Gasteiger charge is 1.99. The molecular weight excluding hydrogens is 269 g/mol. The third kappa shape index (κ3) is 3.47. The van der Waals surface area contributed by atoms with Crippen LogP contribution in [0.25, 0.3) is 0 Å². The van der Waals surface area contributed by atoms with Crippen molar-refractivity contribution >= 4 is 45.9 Å². The summed E-state index contributed by atoms with van der Waals surface area (Å²) in [6, 6.07) is 5.95. The average Bonchev–Trinajstić information content (AvgIpc) is 2.76. The van der Waals surface area contributed by atoms with E-state index in [1.807, 2.05) is 23.6 Å². The molecular formula is C10H9Cl2NS2. The number of thiophene rings is 2. The first-order valence-electron chi connectivity index (χ1n) is 4.42. The molecule has 0 radical (unpaired) electrons. The molecule has 0 spiro atoms. The van der Waals surface area contributed by atoms with E-state index in [4.69, 9.17) is 23.2 Å². The van der Waals surface area contributed by atoms with Crippen LogP contribution in [0.3, 0.4) is 0 Å². The highest BCUT2D eigenvalue weighted by atomic mass is 35.5. The van der Waals surface area contributed by atoms with Crippen molar-refractivity contribution in [1.82, 2.24) is 5.32 Å². The molecule has 0 unspecified atom stereocenters. The zero-order valence-electron chi connectivity index (χ0n) is 7.80. The summed E-state index contributed by atoms with van der Waals surface area (Å²) in [5.74, 6) is 0. The van der Waals surface area contributed by atoms with Crippen LogP contribution in [0.4, 0.5) is 0 Å². The van der Waals surface area contributed by atoms with Crippen molar-refractivity contribution in [2.75, 3.05) is 0 Å². The molecule has 0 amide bonds. The molecule has 2 rings (SSSR count). The smallest absolute Gasteiger partial charge is 0.0931 e. The summed E-state index contributed by atoms with van der Waals surface area (Å²) in [6.07, 6.45) is 0. The van der Waals surface area contributed by atoms with Crippen molar-refractivity contribution in [3.63, 3.8) is 0 Å². The summed E-state index contributed by atoms with van der Waals surface area (Å²) in [4.78, 5) is 2.50. The van der Waals surface area contributed by atoms with Crippen LogP contribution in [0, 0.1) is 0 Å². The van der Waals surface area contributed by atoms with Gasteiger partial charge in [0.05, 0.1) is 9.36 Å². The predicted octanol–water partition coefficient (Wildman–Crippen LogP) is 4.41. The monoisotopic (exact) mass is 277 g/mol. The second-order valence-corrected chi connectivity index (χ2v) is 6.27. The molecule has 2 aromatic rings. The first-order chi connectivity index (χ1) is 7.24. The van der Waals surface area contributed by atoms with Gasteiger partial charge in [-0.25, -0.2) is 0 Å². The Morgan fingerprint density at radius 2 is 1.93 bits per heavy atom. The van der Waals surface area contributed by atoms with Crippen LogP contribution in [0.1, 0.15) is 9.75 Å². The second-order valence-electron chi connectivity index (χ2n) is 3.04. The van der Waals surface area contributed by atoms with Gasteiger partial charge in [-0.3, -0.25) is 0 Å². The van der Waals surface area contributed by atoms with Crippen molar-refractivity contribution in [3.8, 4) is 0 Å². The van der Waals surface area contributed by atoms with Crippen LogP contribution >= 0.6 is 45.9 Å². The highest BCUT2D eigenvalue weighted by Crippen LogP contribution is 2.22. The van der Waals surface area contributed by atoms with Gasteiger partial charge >= 0.3 is 0 Å². The molecule has 0 fully saturated rings. The lowest BCUT2D eigenvalue weighted by molar-refractivity contribution is 0.709. The maximum absolute atomic E-state index is 5.84. The van der Waals surface area contributed by atoms with Gasteiger partial charge in [-0.2, -0.15) is 0 Å². The van der Waals surface area contributed by atoms with Crippen molar-refractivity contribution in [2.24, 2.45) is 0 Å². The van der Waals surface area contributed by atoms with E-state index in [2.05, 4.69) is 5.32 Å². The Kier molecular flexibility index (Phi) is 4.05. The van der Waals surface area contributed by atoms with Gasteiger partial charge in [0, 0.05) is 28.2 Å². The van der Waals surface area contributed by atoms with E-state index in [-0.39, 0.29) is 0 Å². The molecule has 0 aliphatic carbocycles. The Hall–Kier alpha value is -0.0600. The van der Waals surface area contributed by atoms with Crippen molar-refractivity contribution in [2.45, 2.75) is 13.1 Å². The summed E-state index contributed by atoms with van der Waals surface area (Å²) in [7, 11) is 0. The zero-order valence-corrected chi connectivity index (χ0v) is 10.9. The first kappa shape index (κ1) is 11.4. The summed E-state index contributed by atoms with van der Waals surface area (Å²) >= 11 is 14.9. The number of halogens is 2. The summed E-state index contributed by atoms with van der Waals surface area (Å²) in [5, 5.41) is 6.11. The topological polar surface area (TPSA) is 12.0 Å². The molecule has 15 heavy (non-hydrogen) atoms. The van der Waals surface area contributed by atoms with Crippen molar-refractivity contribution in [1.29, 1.82) is 0 Å². The molecule has 0 saturated heterocycles. The van der Waals surface area contributed by atoms with E-state index in [9.17, 15) is 0 Å². The fourth-order valence-corrected chi connectivity index (χ4v) is 3.30. The molecule has 80 valence electrons. The molecule has 0 bridgehead atoms. The molecule has 1 nitrogen and oxygen atoms in total. The minimum atomic E-state index is 0.816. The van der Waals surface area contributed by atoms with Crippen LogP contribution in [0.2, 0.25) is 9.36 Å². The quantitative estimate of drug-likeness (QED) is 0.873. The summed E-state index contributed by atoms with van der Waals surface area (Å²) in [6.45, 7) is 1.71. The molecule has 2 heterocycles. The van der Waals surface area contributed by atoms with Crippen LogP contribution in [0.15, 0.2) is 23.6 Å². The van der Waals surface area contributed by atoms with Gasteiger partial charge in [0.15, 0.2) is 0 Å². The Balaban J connectivity index is 1.80. The molecule has 0 aliphatic rings. The van der Waals surface area contributed by atoms with E-state index < -0.39 is 0 Å². The van der Waals surface area contributed by atoms with Gasteiger partial charge in [0.2, 0.25) is 0 Å². The van der Waals surface area contributed by atoms with Gasteiger partial charge in [0.25, 0.3) is 0 Å². The first-order valence-corrected chi connectivity index (χ1v) is 6.87. The number of hydrogen-bond donors (Lipinski definition) is 1. The summed E-state index contributed by atoms with van der Waals surface area (Å²) in [5.41, 5.74) is 0. The average molecular weight is 278 g/mol. The van der Waals surface area contributed by atoms with Gasteiger partial charge < -0.3 is 5.32 Å².